The van der Waals surface area contributed by atoms with E-state index in [2.05, 4.69) is 0 Å². The summed E-state index contributed by atoms with van der Waals surface area (Å²) in [6, 6.07) is 11.6. The average molecular weight is 399 g/mol. The van der Waals surface area contributed by atoms with Crippen molar-refractivity contribution >= 4 is 35.0 Å². The average Bonchev–Trinajstić information content (AvgIpc) is 2.93. The molecule has 28 heavy (non-hydrogen) atoms. The molecule has 0 aliphatic carbocycles. The maximum Gasteiger partial charge on any atom is 0.335 e. The molecule has 3 rings (SSSR count). The summed E-state index contributed by atoms with van der Waals surface area (Å²) in [6.07, 6.45) is 1.62. The number of hydrogen-bond acceptors (Lipinski definition) is 6. The summed E-state index contributed by atoms with van der Waals surface area (Å²) < 4.78 is 11.1. The number of rotatable bonds is 6. The predicted octanol–water partition coefficient (Wildman–Crippen LogP) is 3.64. The molecule has 1 saturated heterocycles. The number of amides is 2. The Bertz CT molecular complexity index is 984. The molecule has 0 bridgehead atoms. The number of ether oxygens (including phenoxy) is 2. The van der Waals surface area contributed by atoms with E-state index in [4.69, 9.17) is 14.6 Å². The van der Waals surface area contributed by atoms with Gasteiger partial charge in [-0.05, 0) is 53.2 Å². The molecule has 2 aromatic carbocycles. The third kappa shape index (κ3) is 4.17. The lowest BCUT2D eigenvalue weighted by atomic mass is 10.1. The van der Waals surface area contributed by atoms with Crippen molar-refractivity contribution in [3.8, 4) is 11.5 Å². The second kappa shape index (κ2) is 8.18. The van der Waals surface area contributed by atoms with E-state index >= 15 is 0 Å². The first-order valence-corrected chi connectivity index (χ1v) is 9.05. The Kier molecular flexibility index (Phi) is 5.70. The van der Waals surface area contributed by atoms with E-state index < -0.39 is 5.97 Å². The van der Waals surface area contributed by atoms with Gasteiger partial charge in [-0.3, -0.25) is 14.5 Å². The van der Waals surface area contributed by atoms with Crippen LogP contribution in [0.15, 0.2) is 47.4 Å². The van der Waals surface area contributed by atoms with Gasteiger partial charge in [0.15, 0.2) is 11.5 Å². The summed E-state index contributed by atoms with van der Waals surface area (Å²) in [4.78, 5) is 36.1. The Morgan fingerprint density at radius 2 is 1.96 bits per heavy atom. The van der Waals surface area contributed by atoms with E-state index in [-0.39, 0.29) is 23.3 Å². The quantitative estimate of drug-likeness (QED) is 0.741. The van der Waals surface area contributed by atoms with E-state index in [1.807, 2.05) is 0 Å². The number of carboxylic acids is 1. The highest BCUT2D eigenvalue weighted by Gasteiger charge is 2.31. The third-order valence-corrected chi connectivity index (χ3v) is 5.00. The SMILES string of the molecule is COc1cc(/C=C2/SC(=O)N(C)C2=O)ccc1OCc1cccc(C(=O)O)c1. The molecule has 1 heterocycles. The molecule has 2 amide bonds. The van der Waals surface area contributed by atoms with E-state index in [0.29, 0.717) is 27.5 Å². The molecule has 2 aromatic rings. The number of thioether (sulfide) groups is 1. The fourth-order valence-corrected chi connectivity index (χ4v) is 3.37. The number of carbonyl (C=O) groups excluding carboxylic acids is 2. The van der Waals surface area contributed by atoms with E-state index in [1.165, 1.54) is 20.2 Å². The number of benzene rings is 2. The van der Waals surface area contributed by atoms with Crippen molar-refractivity contribution < 1.29 is 29.0 Å². The van der Waals surface area contributed by atoms with Crippen LogP contribution < -0.4 is 9.47 Å². The standard InChI is InChI=1S/C20H17NO6S/c1-21-18(22)17(28-20(21)25)10-12-6-7-15(16(9-12)26-2)27-11-13-4-3-5-14(8-13)19(23)24/h3-10H,11H2,1-2H3,(H,23,24)/b17-10+. The smallest absolute Gasteiger partial charge is 0.335 e. The van der Waals surface area contributed by atoms with Crippen LogP contribution in [0.3, 0.4) is 0 Å². The lowest BCUT2D eigenvalue weighted by Crippen LogP contribution is -2.22. The van der Waals surface area contributed by atoms with Crippen molar-refractivity contribution in [2.24, 2.45) is 0 Å². The minimum absolute atomic E-state index is 0.172. The van der Waals surface area contributed by atoms with Crippen LogP contribution >= 0.6 is 11.8 Å². The molecular formula is C20H17NO6S. The van der Waals surface area contributed by atoms with Crippen LogP contribution in [0, 0.1) is 0 Å². The summed E-state index contributed by atoms with van der Waals surface area (Å²) in [7, 11) is 2.94. The van der Waals surface area contributed by atoms with Crippen LogP contribution in [0.25, 0.3) is 6.08 Å². The first kappa shape index (κ1) is 19.5. The van der Waals surface area contributed by atoms with Crippen LogP contribution in [0.4, 0.5) is 4.79 Å². The topological polar surface area (TPSA) is 93.1 Å². The molecule has 0 unspecified atom stereocenters. The van der Waals surface area contributed by atoms with Gasteiger partial charge in [0.2, 0.25) is 0 Å². The Hall–Kier alpha value is -3.26. The molecule has 0 saturated carbocycles. The van der Waals surface area contributed by atoms with Gasteiger partial charge < -0.3 is 14.6 Å². The van der Waals surface area contributed by atoms with Crippen LogP contribution in [-0.2, 0) is 11.4 Å². The number of aromatic carboxylic acids is 1. The molecule has 1 aliphatic rings. The molecular weight excluding hydrogens is 382 g/mol. The lowest BCUT2D eigenvalue weighted by molar-refractivity contribution is -0.121. The first-order valence-electron chi connectivity index (χ1n) is 8.23. The summed E-state index contributed by atoms with van der Waals surface area (Å²) in [6.45, 7) is 0.172. The monoisotopic (exact) mass is 399 g/mol. The van der Waals surface area contributed by atoms with Gasteiger partial charge in [0.25, 0.3) is 11.1 Å². The van der Waals surface area contributed by atoms with Gasteiger partial charge in [0.1, 0.15) is 6.61 Å². The molecule has 144 valence electrons. The van der Waals surface area contributed by atoms with Crippen molar-refractivity contribution in [1.29, 1.82) is 0 Å². The fraction of sp³-hybridized carbons (Fsp3) is 0.150. The van der Waals surface area contributed by atoms with Crippen LogP contribution in [0.1, 0.15) is 21.5 Å². The molecule has 1 N–H and O–H groups in total. The maximum atomic E-state index is 12.0. The van der Waals surface area contributed by atoms with Gasteiger partial charge in [-0.15, -0.1) is 0 Å². The highest BCUT2D eigenvalue weighted by Crippen LogP contribution is 2.34. The van der Waals surface area contributed by atoms with Gasteiger partial charge in [0, 0.05) is 7.05 Å². The number of methoxy groups -OCH3 is 1. The molecule has 7 nitrogen and oxygen atoms in total. The normalized spacial score (nSPS) is 15.2. The van der Waals surface area contributed by atoms with Crippen molar-refractivity contribution in [3.05, 3.63) is 64.1 Å². The van der Waals surface area contributed by atoms with Crippen molar-refractivity contribution in [2.75, 3.05) is 14.2 Å². The van der Waals surface area contributed by atoms with E-state index in [1.54, 1.807) is 42.5 Å². The zero-order valence-electron chi connectivity index (χ0n) is 15.2. The summed E-state index contributed by atoms with van der Waals surface area (Å²) >= 11 is 0.884. The van der Waals surface area contributed by atoms with Crippen molar-refractivity contribution in [1.82, 2.24) is 4.90 Å². The van der Waals surface area contributed by atoms with Gasteiger partial charge >= 0.3 is 5.97 Å². The molecule has 0 radical (unpaired) electrons. The molecule has 8 heteroatoms. The Balaban J connectivity index is 1.77. The fourth-order valence-electron chi connectivity index (χ4n) is 2.55. The molecule has 1 fully saturated rings. The Morgan fingerprint density at radius 1 is 1.18 bits per heavy atom. The number of likely N-dealkylation sites (N-methyl/N-ethyl adjacent to an activating group) is 1. The number of imide groups is 1. The van der Waals surface area contributed by atoms with E-state index in [9.17, 15) is 14.4 Å². The number of nitrogens with zero attached hydrogens (tertiary/aromatic N) is 1. The van der Waals surface area contributed by atoms with Crippen molar-refractivity contribution in [3.63, 3.8) is 0 Å². The third-order valence-electron chi connectivity index (χ3n) is 4.04. The minimum Gasteiger partial charge on any atom is -0.493 e. The summed E-state index contributed by atoms with van der Waals surface area (Å²) in [5, 5.41) is 8.75. The van der Waals surface area contributed by atoms with Gasteiger partial charge in [-0.1, -0.05) is 18.2 Å². The predicted molar refractivity (Wildman–Crippen MR) is 104 cm³/mol. The van der Waals surface area contributed by atoms with Crippen LogP contribution in [-0.4, -0.2) is 41.3 Å². The minimum atomic E-state index is -1.000. The molecule has 0 atom stereocenters. The molecule has 1 aliphatic heterocycles. The summed E-state index contributed by atoms with van der Waals surface area (Å²) in [5.74, 6) is -0.407. The van der Waals surface area contributed by atoms with Crippen LogP contribution in [0.5, 0.6) is 11.5 Å². The second-order valence-corrected chi connectivity index (χ2v) is 6.94. The first-order chi connectivity index (χ1) is 13.4. The Morgan fingerprint density at radius 3 is 2.61 bits per heavy atom. The van der Waals surface area contributed by atoms with Gasteiger partial charge in [0.05, 0.1) is 17.6 Å². The molecule has 0 aromatic heterocycles. The maximum absolute atomic E-state index is 12.0. The van der Waals surface area contributed by atoms with Gasteiger partial charge in [-0.25, -0.2) is 4.79 Å². The highest BCUT2D eigenvalue weighted by molar-refractivity contribution is 8.18. The molecule has 0 spiro atoms. The number of hydrogen-bond donors (Lipinski definition) is 1. The van der Waals surface area contributed by atoms with Gasteiger partial charge in [-0.2, -0.15) is 0 Å². The van der Waals surface area contributed by atoms with E-state index in [0.717, 1.165) is 16.7 Å². The zero-order chi connectivity index (χ0) is 20.3. The highest BCUT2D eigenvalue weighted by atomic mass is 32.2. The second-order valence-electron chi connectivity index (χ2n) is 5.95. The van der Waals surface area contributed by atoms with Crippen LogP contribution in [0.2, 0.25) is 0 Å². The number of carbonyl (C=O) groups is 3. The largest absolute Gasteiger partial charge is 0.493 e. The zero-order valence-corrected chi connectivity index (χ0v) is 16.0. The number of carboxylic acid groups (broad SMARTS) is 1. The van der Waals surface area contributed by atoms with Crippen molar-refractivity contribution in [2.45, 2.75) is 6.61 Å². The summed E-state index contributed by atoms with van der Waals surface area (Å²) in [5.41, 5.74) is 1.59. The lowest BCUT2D eigenvalue weighted by Gasteiger charge is -2.12. The Labute approximate surface area is 165 Å².